The van der Waals surface area contributed by atoms with E-state index in [1.807, 2.05) is 43.3 Å². The van der Waals surface area contributed by atoms with Crippen molar-refractivity contribution in [2.24, 2.45) is 5.92 Å². The van der Waals surface area contributed by atoms with Crippen LogP contribution in [0.1, 0.15) is 12.6 Å². The third-order valence-electron chi connectivity index (χ3n) is 4.42. The summed E-state index contributed by atoms with van der Waals surface area (Å²) in [5, 5.41) is 3.07. The first-order valence-corrected chi connectivity index (χ1v) is 8.25. The van der Waals surface area contributed by atoms with E-state index < -0.39 is 0 Å². The first-order valence-electron chi connectivity index (χ1n) is 8.25. The van der Waals surface area contributed by atoms with E-state index in [1.165, 1.54) is 0 Å². The highest BCUT2D eigenvalue weighted by atomic mass is 35.5. The third-order valence-corrected chi connectivity index (χ3v) is 4.42. The molecule has 1 fully saturated rings. The number of piperazine rings is 1. The van der Waals surface area contributed by atoms with Crippen molar-refractivity contribution >= 4 is 36.4 Å². The second kappa shape index (κ2) is 9.97. The van der Waals surface area contributed by atoms with Crippen LogP contribution in [0.2, 0.25) is 0 Å². The molecule has 2 aromatic heterocycles. The average Bonchev–Trinajstić information content (AvgIpc) is 2.97. The quantitative estimate of drug-likeness (QED) is 0.847. The number of imidazole rings is 1. The average molecular weight is 388 g/mol. The summed E-state index contributed by atoms with van der Waals surface area (Å²) in [6, 6.07) is 6.03. The van der Waals surface area contributed by atoms with E-state index in [0.717, 1.165) is 50.6 Å². The van der Waals surface area contributed by atoms with Crippen LogP contribution in [0.4, 0.5) is 0 Å². The van der Waals surface area contributed by atoms with Crippen LogP contribution >= 0.6 is 24.8 Å². The van der Waals surface area contributed by atoms with Crippen molar-refractivity contribution in [3.8, 4) is 0 Å². The lowest BCUT2D eigenvalue weighted by Gasteiger charge is -2.35. The summed E-state index contributed by atoms with van der Waals surface area (Å²) < 4.78 is 2.05. The van der Waals surface area contributed by atoms with Crippen LogP contribution in [0.15, 0.2) is 30.6 Å². The van der Waals surface area contributed by atoms with Crippen molar-refractivity contribution in [1.29, 1.82) is 0 Å². The van der Waals surface area contributed by atoms with Crippen LogP contribution in [0.3, 0.4) is 0 Å². The van der Waals surface area contributed by atoms with E-state index in [1.54, 1.807) is 0 Å². The van der Waals surface area contributed by atoms with E-state index in [-0.39, 0.29) is 36.6 Å². The molecule has 0 aliphatic carbocycles. The van der Waals surface area contributed by atoms with Gasteiger partial charge in [0.05, 0.1) is 5.69 Å². The number of amides is 1. The highest BCUT2D eigenvalue weighted by Crippen LogP contribution is 2.11. The van der Waals surface area contributed by atoms with E-state index in [9.17, 15) is 4.79 Å². The van der Waals surface area contributed by atoms with Crippen molar-refractivity contribution in [3.05, 3.63) is 36.3 Å². The fourth-order valence-corrected chi connectivity index (χ4v) is 3.12. The number of rotatable bonds is 5. The highest BCUT2D eigenvalue weighted by molar-refractivity contribution is 5.85. The summed E-state index contributed by atoms with van der Waals surface area (Å²) in [7, 11) is 1.89. The zero-order valence-electron chi connectivity index (χ0n) is 14.7. The molecule has 6 nitrogen and oxygen atoms in total. The summed E-state index contributed by atoms with van der Waals surface area (Å²) >= 11 is 0. The number of aromatic nitrogens is 2. The molecule has 1 saturated heterocycles. The van der Waals surface area contributed by atoms with Gasteiger partial charge in [-0.25, -0.2) is 4.98 Å². The minimum atomic E-state index is 0. The summed E-state index contributed by atoms with van der Waals surface area (Å²) in [6.45, 7) is 7.00. The Morgan fingerprint density at radius 1 is 1.24 bits per heavy atom. The maximum atomic E-state index is 12.3. The Hall–Kier alpha value is -1.34. The Bertz CT molecular complexity index is 637. The Morgan fingerprint density at radius 2 is 1.96 bits per heavy atom. The molecular weight excluding hydrogens is 361 g/mol. The lowest BCUT2D eigenvalue weighted by Crippen LogP contribution is -2.50. The molecule has 3 rings (SSSR count). The molecule has 2 aromatic rings. The van der Waals surface area contributed by atoms with Crippen LogP contribution in [0, 0.1) is 5.92 Å². The van der Waals surface area contributed by atoms with Gasteiger partial charge in [-0.2, -0.15) is 0 Å². The summed E-state index contributed by atoms with van der Waals surface area (Å²) in [5.41, 5.74) is 2.07. The Labute approximate surface area is 161 Å². The van der Waals surface area contributed by atoms with Gasteiger partial charge in [0.2, 0.25) is 5.91 Å². The number of fused-ring (bicyclic) bond motifs is 1. The molecule has 0 bridgehead atoms. The van der Waals surface area contributed by atoms with Gasteiger partial charge in [-0.05, 0) is 19.2 Å². The Kier molecular flexibility index (Phi) is 8.65. The van der Waals surface area contributed by atoms with Crippen molar-refractivity contribution < 1.29 is 4.79 Å². The fourth-order valence-electron chi connectivity index (χ4n) is 3.12. The molecule has 0 spiro atoms. The molecule has 3 heterocycles. The largest absolute Gasteiger partial charge is 0.340 e. The minimum absolute atomic E-state index is 0. The van der Waals surface area contributed by atoms with E-state index in [2.05, 4.69) is 25.8 Å². The van der Waals surface area contributed by atoms with Gasteiger partial charge in [-0.15, -0.1) is 24.8 Å². The molecule has 140 valence electrons. The summed E-state index contributed by atoms with van der Waals surface area (Å²) in [5.74, 6) is 0.303. The number of nitrogens with one attached hydrogen (secondary N) is 1. The molecule has 1 N–H and O–H groups in total. The van der Waals surface area contributed by atoms with Crippen LogP contribution in [-0.4, -0.2) is 64.9 Å². The summed E-state index contributed by atoms with van der Waals surface area (Å²) in [6.07, 6.45) is 4.10. The predicted octanol–water partition coefficient (Wildman–Crippen LogP) is 1.68. The second-order valence-corrected chi connectivity index (χ2v) is 6.26. The number of halogens is 2. The molecule has 1 unspecified atom stereocenters. The van der Waals surface area contributed by atoms with Crippen LogP contribution < -0.4 is 5.32 Å². The van der Waals surface area contributed by atoms with Gasteiger partial charge in [-0.3, -0.25) is 9.69 Å². The van der Waals surface area contributed by atoms with Gasteiger partial charge < -0.3 is 14.6 Å². The minimum Gasteiger partial charge on any atom is -0.340 e. The first kappa shape index (κ1) is 21.7. The highest BCUT2D eigenvalue weighted by Gasteiger charge is 2.24. The van der Waals surface area contributed by atoms with Crippen LogP contribution in [0.25, 0.3) is 5.65 Å². The molecule has 1 aliphatic heterocycles. The number of nitrogens with zero attached hydrogens (tertiary/aromatic N) is 4. The maximum Gasteiger partial charge on any atom is 0.226 e. The van der Waals surface area contributed by atoms with E-state index >= 15 is 0 Å². The van der Waals surface area contributed by atoms with Crippen LogP contribution in [-0.2, 0) is 11.3 Å². The van der Waals surface area contributed by atoms with Gasteiger partial charge >= 0.3 is 0 Å². The molecule has 1 atom stereocenters. The number of carbonyl (C=O) groups is 1. The van der Waals surface area contributed by atoms with E-state index in [0.29, 0.717) is 0 Å². The molecular formula is C17H27Cl2N5O. The normalized spacial score (nSPS) is 16.2. The number of carbonyl (C=O) groups excluding carboxylic acids is 1. The van der Waals surface area contributed by atoms with Gasteiger partial charge in [0.15, 0.2) is 0 Å². The molecule has 0 radical (unpaired) electrons. The lowest BCUT2D eigenvalue weighted by atomic mass is 10.1. The van der Waals surface area contributed by atoms with Crippen LogP contribution in [0.5, 0.6) is 0 Å². The Morgan fingerprint density at radius 3 is 2.60 bits per heavy atom. The molecule has 1 amide bonds. The lowest BCUT2D eigenvalue weighted by molar-refractivity contribution is -0.136. The van der Waals surface area contributed by atoms with Crippen molar-refractivity contribution in [1.82, 2.24) is 24.5 Å². The number of pyridine rings is 1. The van der Waals surface area contributed by atoms with Gasteiger partial charge in [-0.1, -0.05) is 13.0 Å². The monoisotopic (exact) mass is 387 g/mol. The van der Waals surface area contributed by atoms with Gasteiger partial charge in [0.1, 0.15) is 5.65 Å². The van der Waals surface area contributed by atoms with Crippen molar-refractivity contribution in [2.75, 3.05) is 39.8 Å². The smallest absolute Gasteiger partial charge is 0.226 e. The molecule has 8 heteroatoms. The van der Waals surface area contributed by atoms with E-state index in [4.69, 9.17) is 0 Å². The number of hydrogen-bond acceptors (Lipinski definition) is 4. The zero-order chi connectivity index (χ0) is 16.2. The van der Waals surface area contributed by atoms with Crippen molar-refractivity contribution in [3.63, 3.8) is 0 Å². The SMILES string of the molecule is CNCC(C)C(=O)N1CCN(Cc2cn3ccccc3n2)CC1.Cl.Cl. The van der Waals surface area contributed by atoms with Gasteiger partial charge in [0, 0.05) is 57.6 Å². The Balaban J connectivity index is 0.00000156. The molecule has 25 heavy (non-hydrogen) atoms. The summed E-state index contributed by atoms with van der Waals surface area (Å²) in [4.78, 5) is 21.3. The standard InChI is InChI=1S/C17H25N5O.2ClH/c1-14(11-18-2)17(23)21-9-7-20(8-10-21)12-15-13-22-6-4-3-5-16(22)19-15;;/h3-6,13-14,18H,7-12H2,1-2H3;2*1H. The zero-order valence-corrected chi connectivity index (χ0v) is 16.4. The molecule has 1 aliphatic rings. The number of hydrogen-bond donors (Lipinski definition) is 1. The third kappa shape index (κ3) is 5.31. The van der Waals surface area contributed by atoms with Crippen molar-refractivity contribution in [2.45, 2.75) is 13.5 Å². The topological polar surface area (TPSA) is 52.9 Å². The van der Waals surface area contributed by atoms with Gasteiger partial charge in [0.25, 0.3) is 0 Å². The fraction of sp³-hybridized carbons (Fsp3) is 0.529. The first-order chi connectivity index (χ1) is 11.2. The molecule has 0 saturated carbocycles. The molecule has 0 aromatic carbocycles. The second-order valence-electron chi connectivity index (χ2n) is 6.26. The predicted molar refractivity (Wildman–Crippen MR) is 105 cm³/mol. The maximum absolute atomic E-state index is 12.3.